The Bertz CT molecular complexity index is 671. The number of carbonyl (C=O) groups excluding carboxylic acids is 2. The number of nitrogens with zero attached hydrogens (tertiary/aromatic N) is 2. The molecule has 5 atom stereocenters. The average molecular weight is 389 g/mol. The SMILES string of the molecule is CC[C@H](C(=O)N[C@@H]1CCCC[C@@H]1C)n1ccc(C(=O)N[C@@H]2CCCC[C@@H]2C)n1. The maximum absolute atomic E-state index is 12.9. The fraction of sp³-hybridized carbons (Fsp3) is 0.773. The average Bonchev–Trinajstić information content (AvgIpc) is 3.16. The maximum Gasteiger partial charge on any atom is 0.272 e. The molecule has 1 heterocycles. The third-order valence-corrected chi connectivity index (χ3v) is 6.72. The number of hydrogen-bond acceptors (Lipinski definition) is 3. The van der Waals surface area contributed by atoms with E-state index >= 15 is 0 Å². The van der Waals surface area contributed by atoms with Crippen LogP contribution in [0, 0.1) is 11.8 Å². The van der Waals surface area contributed by atoms with E-state index in [-0.39, 0.29) is 29.9 Å². The van der Waals surface area contributed by atoms with Gasteiger partial charge in [0.25, 0.3) is 5.91 Å². The Balaban J connectivity index is 1.61. The van der Waals surface area contributed by atoms with Gasteiger partial charge in [0.1, 0.15) is 11.7 Å². The first kappa shape index (κ1) is 20.9. The minimum absolute atomic E-state index is 0.0113. The van der Waals surface area contributed by atoms with Gasteiger partial charge in [0.2, 0.25) is 5.91 Å². The molecule has 2 N–H and O–H groups in total. The summed E-state index contributed by atoms with van der Waals surface area (Å²) >= 11 is 0. The van der Waals surface area contributed by atoms with Crippen LogP contribution >= 0.6 is 0 Å². The van der Waals surface area contributed by atoms with Crippen molar-refractivity contribution < 1.29 is 9.59 Å². The molecule has 2 amide bonds. The van der Waals surface area contributed by atoms with Crippen molar-refractivity contribution in [1.29, 1.82) is 0 Å². The van der Waals surface area contributed by atoms with Crippen LogP contribution in [-0.4, -0.2) is 33.7 Å². The monoisotopic (exact) mass is 388 g/mol. The van der Waals surface area contributed by atoms with Gasteiger partial charge in [-0.05, 0) is 50.0 Å². The molecule has 0 saturated heterocycles. The molecule has 1 aromatic rings. The molecule has 2 aliphatic carbocycles. The molecule has 2 saturated carbocycles. The summed E-state index contributed by atoms with van der Waals surface area (Å²) in [4.78, 5) is 25.5. The largest absolute Gasteiger partial charge is 0.351 e. The van der Waals surface area contributed by atoms with Gasteiger partial charge in [-0.15, -0.1) is 0 Å². The van der Waals surface area contributed by atoms with Crippen molar-refractivity contribution in [3.63, 3.8) is 0 Å². The lowest BCUT2D eigenvalue weighted by molar-refractivity contribution is -0.126. The summed E-state index contributed by atoms with van der Waals surface area (Å²) in [5.41, 5.74) is 0.398. The lowest BCUT2D eigenvalue weighted by atomic mass is 9.86. The summed E-state index contributed by atoms with van der Waals surface area (Å²) < 4.78 is 1.65. The Hall–Kier alpha value is -1.85. The van der Waals surface area contributed by atoms with Crippen molar-refractivity contribution >= 4 is 11.8 Å². The first-order chi connectivity index (χ1) is 13.5. The zero-order valence-electron chi connectivity index (χ0n) is 17.6. The second-order valence-corrected chi connectivity index (χ2v) is 8.82. The van der Waals surface area contributed by atoms with Gasteiger partial charge in [-0.3, -0.25) is 14.3 Å². The summed E-state index contributed by atoms with van der Waals surface area (Å²) in [5.74, 6) is 0.906. The van der Waals surface area contributed by atoms with Crippen LogP contribution in [0.5, 0.6) is 0 Å². The molecule has 3 rings (SSSR count). The molecule has 0 unspecified atom stereocenters. The number of aromatic nitrogens is 2. The highest BCUT2D eigenvalue weighted by atomic mass is 16.2. The van der Waals surface area contributed by atoms with Crippen LogP contribution in [0.15, 0.2) is 12.3 Å². The molecule has 2 aliphatic rings. The first-order valence-corrected chi connectivity index (χ1v) is 11.2. The molecule has 1 aromatic heterocycles. The number of rotatable bonds is 6. The van der Waals surface area contributed by atoms with Crippen LogP contribution in [0.2, 0.25) is 0 Å². The van der Waals surface area contributed by atoms with E-state index in [0.717, 1.165) is 19.3 Å². The number of hydrogen-bond donors (Lipinski definition) is 2. The Morgan fingerprint density at radius 1 is 1.04 bits per heavy atom. The fourth-order valence-corrected chi connectivity index (χ4v) is 4.71. The van der Waals surface area contributed by atoms with E-state index in [0.29, 0.717) is 24.0 Å². The normalized spacial score (nSPS) is 29.1. The van der Waals surface area contributed by atoms with Crippen LogP contribution in [0.25, 0.3) is 0 Å². The molecule has 0 radical (unpaired) electrons. The Kier molecular flexibility index (Phi) is 7.13. The number of nitrogens with one attached hydrogen (secondary N) is 2. The lowest BCUT2D eigenvalue weighted by Crippen LogP contribution is -2.44. The van der Waals surface area contributed by atoms with Gasteiger partial charge in [0, 0.05) is 18.3 Å². The molecule has 2 fully saturated rings. The first-order valence-electron chi connectivity index (χ1n) is 11.2. The second kappa shape index (κ2) is 9.57. The highest BCUT2D eigenvalue weighted by molar-refractivity contribution is 5.92. The van der Waals surface area contributed by atoms with Crippen molar-refractivity contribution in [2.24, 2.45) is 11.8 Å². The summed E-state index contributed by atoms with van der Waals surface area (Å²) in [5, 5.41) is 10.8. The zero-order valence-corrected chi connectivity index (χ0v) is 17.6. The molecule has 6 heteroatoms. The summed E-state index contributed by atoms with van der Waals surface area (Å²) in [6.07, 6.45) is 11.7. The zero-order chi connectivity index (χ0) is 20.1. The molecule has 0 bridgehead atoms. The van der Waals surface area contributed by atoms with Gasteiger partial charge in [0.05, 0.1) is 0 Å². The molecule has 6 nitrogen and oxygen atoms in total. The van der Waals surface area contributed by atoms with Gasteiger partial charge >= 0.3 is 0 Å². The highest BCUT2D eigenvalue weighted by Crippen LogP contribution is 2.25. The minimum atomic E-state index is -0.371. The third kappa shape index (κ3) is 4.95. The van der Waals surface area contributed by atoms with Crippen LogP contribution in [0.1, 0.15) is 95.1 Å². The van der Waals surface area contributed by atoms with Crippen molar-refractivity contribution in [1.82, 2.24) is 20.4 Å². The van der Waals surface area contributed by atoms with E-state index in [2.05, 4.69) is 29.6 Å². The van der Waals surface area contributed by atoms with Crippen molar-refractivity contribution in [2.45, 2.75) is 96.7 Å². The van der Waals surface area contributed by atoms with E-state index < -0.39 is 0 Å². The van der Waals surface area contributed by atoms with Gasteiger partial charge in [-0.1, -0.05) is 46.5 Å². The van der Waals surface area contributed by atoms with Crippen LogP contribution < -0.4 is 10.6 Å². The van der Waals surface area contributed by atoms with Crippen LogP contribution in [0.3, 0.4) is 0 Å². The van der Waals surface area contributed by atoms with Crippen LogP contribution in [-0.2, 0) is 4.79 Å². The minimum Gasteiger partial charge on any atom is -0.351 e. The second-order valence-electron chi connectivity index (χ2n) is 8.82. The van der Waals surface area contributed by atoms with Crippen molar-refractivity contribution in [3.8, 4) is 0 Å². The topological polar surface area (TPSA) is 76.0 Å². The van der Waals surface area contributed by atoms with Gasteiger partial charge < -0.3 is 10.6 Å². The predicted octanol–water partition coefficient (Wildman–Crippen LogP) is 3.84. The van der Waals surface area contributed by atoms with Gasteiger partial charge in [0.15, 0.2) is 0 Å². The Labute approximate surface area is 168 Å². The van der Waals surface area contributed by atoms with E-state index in [1.165, 1.54) is 32.1 Å². The summed E-state index contributed by atoms with van der Waals surface area (Å²) in [6, 6.07) is 1.83. The molecule has 0 aromatic carbocycles. The fourth-order valence-electron chi connectivity index (χ4n) is 4.71. The maximum atomic E-state index is 12.9. The summed E-state index contributed by atoms with van der Waals surface area (Å²) in [7, 11) is 0. The molecule has 156 valence electrons. The molecular formula is C22H36N4O2. The Morgan fingerprint density at radius 2 is 1.61 bits per heavy atom. The third-order valence-electron chi connectivity index (χ3n) is 6.72. The molecular weight excluding hydrogens is 352 g/mol. The van der Waals surface area contributed by atoms with Crippen molar-refractivity contribution in [2.75, 3.05) is 0 Å². The number of amides is 2. The summed E-state index contributed by atoms with van der Waals surface area (Å²) in [6.45, 7) is 6.40. The van der Waals surface area contributed by atoms with Gasteiger partial charge in [-0.2, -0.15) is 5.10 Å². The van der Waals surface area contributed by atoms with E-state index in [4.69, 9.17) is 0 Å². The molecule has 28 heavy (non-hydrogen) atoms. The van der Waals surface area contributed by atoms with Gasteiger partial charge in [-0.25, -0.2) is 0 Å². The molecule has 0 spiro atoms. The standard InChI is InChI=1S/C22H36N4O2/c1-4-20(22(28)24-18-12-8-6-10-16(18)3)26-14-13-19(25-26)21(27)23-17-11-7-5-9-15(17)2/h13-18,20H,4-12H2,1-3H3,(H,23,27)(H,24,28)/t15-,16-,17+,18+,20+/m0/s1. The lowest BCUT2D eigenvalue weighted by Gasteiger charge is -2.31. The number of carbonyl (C=O) groups is 2. The van der Waals surface area contributed by atoms with E-state index in [9.17, 15) is 9.59 Å². The Morgan fingerprint density at radius 3 is 2.18 bits per heavy atom. The predicted molar refractivity (Wildman–Crippen MR) is 110 cm³/mol. The quantitative estimate of drug-likeness (QED) is 0.777. The highest BCUT2D eigenvalue weighted by Gasteiger charge is 2.28. The van der Waals surface area contributed by atoms with Crippen molar-refractivity contribution in [3.05, 3.63) is 18.0 Å². The van der Waals surface area contributed by atoms with Crippen LogP contribution in [0.4, 0.5) is 0 Å². The van der Waals surface area contributed by atoms with E-state index in [1.54, 1.807) is 16.9 Å². The van der Waals surface area contributed by atoms with E-state index in [1.807, 2.05) is 6.92 Å². The molecule has 0 aliphatic heterocycles. The smallest absolute Gasteiger partial charge is 0.272 e.